The van der Waals surface area contributed by atoms with E-state index in [-0.39, 0.29) is 18.1 Å². The molecule has 0 aliphatic heterocycles. The molecule has 0 fully saturated rings. The number of hydrogen-bond acceptors (Lipinski definition) is 7. The molecule has 34 heavy (non-hydrogen) atoms. The Kier molecular flexibility index (Phi) is 6.93. The molecule has 4 aromatic rings. The second-order valence-corrected chi connectivity index (χ2v) is 8.67. The summed E-state index contributed by atoms with van der Waals surface area (Å²) in [4.78, 5) is 32.7. The Morgan fingerprint density at radius 1 is 1.09 bits per heavy atom. The smallest absolute Gasteiger partial charge is 0.340 e. The number of benzene rings is 1. The minimum absolute atomic E-state index is 0.125. The van der Waals surface area contributed by atoms with Crippen LogP contribution in [-0.4, -0.2) is 48.8 Å². The summed E-state index contributed by atoms with van der Waals surface area (Å²) >= 11 is 1.29. The van der Waals surface area contributed by atoms with E-state index >= 15 is 0 Å². The van der Waals surface area contributed by atoms with Gasteiger partial charge in [-0.05, 0) is 57.0 Å². The molecular weight excluding hydrogens is 450 g/mol. The maximum absolute atomic E-state index is 13.1. The molecule has 0 amide bonds. The number of esters is 1. The van der Waals surface area contributed by atoms with Crippen LogP contribution in [0.4, 0.5) is 0 Å². The molecule has 8 nitrogen and oxygen atoms in total. The van der Waals surface area contributed by atoms with Gasteiger partial charge in [0.05, 0.1) is 29.3 Å². The number of ether oxygens (including phenoxy) is 1. The number of hydrogen-bond donors (Lipinski definition) is 1. The van der Waals surface area contributed by atoms with Gasteiger partial charge in [0.15, 0.2) is 16.8 Å². The van der Waals surface area contributed by atoms with E-state index in [9.17, 15) is 9.59 Å². The lowest BCUT2D eigenvalue weighted by Crippen LogP contribution is -2.09. The Balaban J connectivity index is 1.65. The van der Waals surface area contributed by atoms with E-state index in [1.54, 1.807) is 33.2 Å². The number of aromatic nitrogens is 5. The van der Waals surface area contributed by atoms with Crippen LogP contribution in [0.5, 0.6) is 0 Å². The van der Waals surface area contributed by atoms with Crippen molar-refractivity contribution in [3.63, 3.8) is 0 Å². The zero-order valence-corrected chi connectivity index (χ0v) is 20.3. The van der Waals surface area contributed by atoms with Gasteiger partial charge >= 0.3 is 5.97 Å². The summed E-state index contributed by atoms with van der Waals surface area (Å²) in [5, 5.41) is 9.38. The highest BCUT2D eigenvalue weighted by Crippen LogP contribution is 2.30. The van der Waals surface area contributed by atoms with Crippen LogP contribution in [0.1, 0.15) is 44.6 Å². The number of Topliss-reactive ketones (excluding diaryl/α,β-unsaturated/α-hetero) is 1. The van der Waals surface area contributed by atoms with Crippen LogP contribution >= 0.6 is 11.8 Å². The molecule has 0 saturated carbocycles. The fraction of sp³-hybridized carbons (Fsp3) is 0.240. The Hall–Kier alpha value is -3.72. The molecule has 4 rings (SSSR count). The number of pyridine rings is 1. The standard InChI is InChI=1S/C25H25N5O3S/c1-5-33-24(32)21-16(3)22(27-17(21)4)20(31)14-34-25-29-28-23(18-10-8-12-26-13-18)30(25)19-11-7-6-9-15(19)2/h6-13,27H,5,14H2,1-4H3. The molecule has 174 valence electrons. The molecule has 0 saturated heterocycles. The Labute approximate surface area is 201 Å². The highest BCUT2D eigenvalue weighted by molar-refractivity contribution is 7.99. The maximum atomic E-state index is 13.1. The Morgan fingerprint density at radius 3 is 2.59 bits per heavy atom. The largest absolute Gasteiger partial charge is 0.462 e. The topological polar surface area (TPSA) is 103 Å². The van der Waals surface area contributed by atoms with Gasteiger partial charge < -0.3 is 9.72 Å². The number of rotatable bonds is 8. The summed E-state index contributed by atoms with van der Waals surface area (Å²) in [6.07, 6.45) is 3.44. The first-order valence-corrected chi connectivity index (χ1v) is 11.8. The average molecular weight is 476 g/mol. The van der Waals surface area contributed by atoms with Crippen molar-refractivity contribution in [2.24, 2.45) is 0 Å². The van der Waals surface area contributed by atoms with E-state index < -0.39 is 5.97 Å². The van der Waals surface area contributed by atoms with Crippen LogP contribution < -0.4 is 0 Å². The summed E-state index contributed by atoms with van der Waals surface area (Å²) in [6.45, 7) is 7.56. The molecule has 0 aliphatic carbocycles. The van der Waals surface area contributed by atoms with Gasteiger partial charge in [-0.25, -0.2) is 4.79 Å². The van der Waals surface area contributed by atoms with Crippen LogP contribution in [0, 0.1) is 20.8 Å². The highest BCUT2D eigenvalue weighted by atomic mass is 32.2. The van der Waals surface area contributed by atoms with E-state index in [4.69, 9.17) is 4.74 Å². The quantitative estimate of drug-likeness (QED) is 0.223. The van der Waals surface area contributed by atoms with Gasteiger partial charge in [-0.3, -0.25) is 14.3 Å². The first kappa shape index (κ1) is 23.4. The predicted octanol–water partition coefficient (Wildman–Crippen LogP) is 4.73. The number of aryl methyl sites for hydroxylation is 2. The van der Waals surface area contributed by atoms with Gasteiger partial charge in [0.25, 0.3) is 0 Å². The summed E-state index contributed by atoms with van der Waals surface area (Å²) in [5.41, 5.74) is 4.84. The fourth-order valence-corrected chi connectivity index (χ4v) is 4.63. The number of carbonyl (C=O) groups is 2. The van der Waals surface area contributed by atoms with Gasteiger partial charge in [-0.15, -0.1) is 10.2 Å². The SMILES string of the molecule is CCOC(=O)c1c(C)[nH]c(C(=O)CSc2nnc(-c3cccnc3)n2-c2ccccc2C)c1C. The van der Waals surface area contributed by atoms with Crippen LogP contribution in [0.25, 0.3) is 17.1 Å². The third kappa shape index (κ3) is 4.51. The number of H-pyrrole nitrogens is 1. The molecule has 1 N–H and O–H groups in total. The number of nitrogens with zero attached hydrogens (tertiary/aromatic N) is 4. The molecular formula is C25H25N5O3S. The zero-order valence-electron chi connectivity index (χ0n) is 19.5. The number of aromatic amines is 1. The maximum Gasteiger partial charge on any atom is 0.340 e. The Bertz CT molecular complexity index is 1340. The minimum Gasteiger partial charge on any atom is -0.462 e. The highest BCUT2D eigenvalue weighted by Gasteiger charge is 2.24. The molecule has 3 aromatic heterocycles. The first-order chi connectivity index (χ1) is 16.4. The van der Waals surface area contributed by atoms with Crippen molar-refractivity contribution in [1.82, 2.24) is 24.7 Å². The minimum atomic E-state index is -0.430. The van der Waals surface area contributed by atoms with Gasteiger partial charge in [0, 0.05) is 23.7 Å². The van der Waals surface area contributed by atoms with Gasteiger partial charge in [-0.1, -0.05) is 30.0 Å². The number of ketones is 1. The summed E-state index contributed by atoms with van der Waals surface area (Å²) in [7, 11) is 0. The lowest BCUT2D eigenvalue weighted by molar-refractivity contribution is 0.0525. The van der Waals surface area contributed by atoms with Crippen molar-refractivity contribution in [1.29, 1.82) is 0 Å². The van der Waals surface area contributed by atoms with Crippen LogP contribution in [0.15, 0.2) is 53.9 Å². The monoisotopic (exact) mass is 475 g/mol. The van der Waals surface area contributed by atoms with Crippen LogP contribution in [0.3, 0.4) is 0 Å². The van der Waals surface area contributed by atoms with E-state index in [1.165, 1.54) is 11.8 Å². The van der Waals surface area contributed by atoms with Crippen molar-refractivity contribution >= 4 is 23.5 Å². The molecule has 0 bridgehead atoms. The average Bonchev–Trinajstić information content (AvgIpc) is 3.38. The second kappa shape index (κ2) is 10.0. The third-order valence-electron chi connectivity index (χ3n) is 5.44. The molecule has 0 aliphatic rings. The lowest BCUT2D eigenvalue weighted by Gasteiger charge is -2.12. The van der Waals surface area contributed by atoms with Crippen molar-refractivity contribution in [2.45, 2.75) is 32.9 Å². The van der Waals surface area contributed by atoms with Crippen molar-refractivity contribution in [2.75, 3.05) is 12.4 Å². The van der Waals surface area contributed by atoms with Crippen LogP contribution in [0.2, 0.25) is 0 Å². The first-order valence-electron chi connectivity index (χ1n) is 10.9. The molecule has 0 radical (unpaired) electrons. The normalized spacial score (nSPS) is 10.9. The van der Waals surface area contributed by atoms with Gasteiger partial charge in [0.1, 0.15) is 0 Å². The van der Waals surface area contributed by atoms with E-state index in [2.05, 4.69) is 20.2 Å². The number of para-hydroxylation sites is 1. The van der Waals surface area contributed by atoms with Gasteiger partial charge in [0.2, 0.25) is 0 Å². The molecule has 1 aromatic carbocycles. The van der Waals surface area contributed by atoms with E-state index in [0.717, 1.165) is 16.8 Å². The lowest BCUT2D eigenvalue weighted by atomic mass is 10.1. The zero-order chi connectivity index (χ0) is 24.2. The molecule has 3 heterocycles. The summed E-state index contributed by atoms with van der Waals surface area (Å²) < 4.78 is 7.08. The molecule has 9 heteroatoms. The fourth-order valence-electron chi connectivity index (χ4n) is 3.82. The van der Waals surface area contributed by atoms with E-state index in [1.807, 2.05) is 47.9 Å². The van der Waals surface area contributed by atoms with E-state index in [0.29, 0.717) is 33.5 Å². The second-order valence-electron chi connectivity index (χ2n) is 7.73. The molecule has 0 unspecified atom stereocenters. The third-order valence-corrected chi connectivity index (χ3v) is 6.37. The number of thioether (sulfide) groups is 1. The van der Waals surface area contributed by atoms with Crippen molar-refractivity contribution in [3.8, 4) is 17.1 Å². The summed E-state index contributed by atoms with van der Waals surface area (Å²) in [6, 6.07) is 11.7. The van der Waals surface area contributed by atoms with Crippen molar-refractivity contribution < 1.29 is 14.3 Å². The molecule has 0 spiro atoms. The molecule has 0 atom stereocenters. The van der Waals surface area contributed by atoms with Crippen LogP contribution in [-0.2, 0) is 4.74 Å². The number of nitrogens with one attached hydrogen (secondary N) is 1. The Morgan fingerprint density at radius 2 is 1.88 bits per heavy atom. The van der Waals surface area contributed by atoms with Gasteiger partial charge in [-0.2, -0.15) is 0 Å². The van der Waals surface area contributed by atoms with Crippen molar-refractivity contribution in [3.05, 3.63) is 76.9 Å². The predicted molar refractivity (Wildman–Crippen MR) is 131 cm³/mol. The number of carbonyl (C=O) groups excluding carboxylic acids is 2. The summed E-state index contributed by atoms with van der Waals surface area (Å²) in [5.74, 6) is 0.207.